The van der Waals surface area contributed by atoms with Crippen LogP contribution in [0.15, 0.2) is 48.5 Å². The summed E-state index contributed by atoms with van der Waals surface area (Å²) >= 11 is 0. The molecule has 28 heavy (non-hydrogen) atoms. The molecule has 0 aliphatic rings. The summed E-state index contributed by atoms with van der Waals surface area (Å²) in [5.41, 5.74) is 2.26. The van der Waals surface area contributed by atoms with Gasteiger partial charge in [-0.25, -0.2) is 0 Å². The Morgan fingerprint density at radius 2 is 1.57 bits per heavy atom. The van der Waals surface area contributed by atoms with Crippen molar-refractivity contribution in [2.75, 3.05) is 37.3 Å². The number of benzene rings is 2. The average molecular weight is 382 g/mol. The van der Waals surface area contributed by atoms with E-state index in [-0.39, 0.29) is 24.3 Å². The molecule has 0 bridgehead atoms. The largest absolute Gasteiger partial charge is 0.376 e. The summed E-state index contributed by atoms with van der Waals surface area (Å²) in [6, 6.07) is 13.8. The molecule has 0 spiro atoms. The number of nitrogens with zero attached hydrogens (tertiary/aromatic N) is 1. The minimum absolute atomic E-state index is 0.0136. The van der Waals surface area contributed by atoms with E-state index in [1.54, 1.807) is 54.4 Å². The molecule has 2 aromatic rings. The second kappa shape index (κ2) is 10.1. The van der Waals surface area contributed by atoms with Crippen LogP contribution in [0.3, 0.4) is 0 Å². The Balaban J connectivity index is 1.99. The molecule has 0 atom stereocenters. The fourth-order valence-corrected chi connectivity index (χ4v) is 2.73. The van der Waals surface area contributed by atoms with Crippen molar-refractivity contribution in [3.8, 4) is 0 Å². The van der Waals surface area contributed by atoms with E-state index in [1.165, 1.54) is 0 Å². The van der Waals surface area contributed by atoms with Gasteiger partial charge in [-0.2, -0.15) is 0 Å². The first-order valence-corrected chi connectivity index (χ1v) is 9.24. The molecule has 3 N–H and O–H groups in total. The molecule has 7 heteroatoms. The van der Waals surface area contributed by atoms with E-state index in [0.29, 0.717) is 35.6 Å². The second-order valence-electron chi connectivity index (χ2n) is 6.08. The Bertz CT molecular complexity index is 830. The Hall–Kier alpha value is -3.35. The van der Waals surface area contributed by atoms with Crippen molar-refractivity contribution in [3.05, 3.63) is 59.7 Å². The van der Waals surface area contributed by atoms with E-state index in [2.05, 4.69) is 16.0 Å². The van der Waals surface area contributed by atoms with Crippen molar-refractivity contribution in [2.45, 2.75) is 13.8 Å². The number of hydrogen-bond donors (Lipinski definition) is 3. The number of rotatable bonds is 8. The van der Waals surface area contributed by atoms with Gasteiger partial charge >= 0.3 is 0 Å². The number of nitrogens with one attached hydrogen (secondary N) is 3. The zero-order valence-corrected chi connectivity index (χ0v) is 16.4. The highest BCUT2D eigenvalue weighted by atomic mass is 16.2. The smallest absolute Gasteiger partial charge is 0.255 e. The van der Waals surface area contributed by atoms with Crippen molar-refractivity contribution in [3.63, 3.8) is 0 Å². The molecule has 0 aromatic heterocycles. The van der Waals surface area contributed by atoms with Crippen LogP contribution in [-0.4, -0.2) is 49.3 Å². The van der Waals surface area contributed by atoms with Gasteiger partial charge in [0.15, 0.2) is 0 Å². The predicted molar refractivity (Wildman–Crippen MR) is 111 cm³/mol. The highest BCUT2D eigenvalue weighted by Crippen LogP contribution is 2.17. The van der Waals surface area contributed by atoms with Gasteiger partial charge in [-0.3, -0.25) is 14.4 Å². The topological polar surface area (TPSA) is 90.5 Å². The van der Waals surface area contributed by atoms with E-state index < -0.39 is 0 Å². The summed E-state index contributed by atoms with van der Waals surface area (Å²) in [4.78, 5) is 38.1. The van der Waals surface area contributed by atoms with Crippen LogP contribution in [0.25, 0.3) is 0 Å². The van der Waals surface area contributed by atoms with Crippen LogP contribution >= 0.6 is 0 Å². The number of hydrogen-bond acceptors (Lipinski definition) is 4. The first-order chi connectivity index (χ1) is 13.5. The van der Waals surface area contributed by atoms with Crippen LogP contribution in [0, 0.1) is 0 Å². The fraction of sp³-hybridized carbons (Fsp3) is 0.286. The van der Waals surface area contributed by atoms with E-state index >= 15 is 0 Å². The first-order valence-electron chi connectivity index (χ1n) is 9.24. The maximum atomic E-state index is 12.6. The third-order valence-corrected chi connectivity index (χ3v) is 4.31. The number of carbonyl (C=O) groups excluding carboxylic acids is 3. The zero-order valence-electron chi connectivity index (χ0n) is 16.4. The van der Waals surface area contributed by atoms with Crippen LogP contribution < -0.4 is 16.0 Å². The lowest BCUT2D eigenvalue weighted by atomic mass is 10.1. The molecule has 0 saturated carbocycles. The van der Waals surface area contributed by atoms with Gasteiger partial charge in [0.2, 0.25) is 5.91 Å². The molecule has 2 aromatic carbocycles. The van der Waals surface area contributed by atoms with Crippen molar-refractivity contribution in [1.29, 1.82) is 0 Å². The maximum Gasteiger partial charge on any atom is 0.255 e. The van der Waals surface area contributed by atoms with E-state index in [0.717, 1.165) is 0 Å². The first kappa shape index (κ1) is 21.0. The summed E-state index contributed by atoms with van der Waals surface area (Å²) in [6.45, 7) is 5.12. The molecular weight excluding hydrogens is 356 g/mol. The molecule has 3 amide bonds. The quantitative estimate of drug-likeness (QED) is 0.654. The molecule has 0 fully saturated rings. The lowest BCUT2D eigenvalue weighted by Gasteiger charge is -2.20. The number of amides is 3. The third-order valence-electron chi connectivity index (χ3n) is 4.31. The van der Waals surface area contributed by atoms with Crippen LogP contribution in [0.1, 0.15) is 34.6 Å². The van der Waals surface area contributed by atoms with E-state index in [1.807, 2.05) is 19.9 Å². The Morgan fingerprint density at radius 3 is 2.18 bits per heavy atom. The SMILES string of the molecule is CCN(CC)C(=O)c1ccccc1NCC(=O)Nc1ccc(C(=O)NC)cc1. The van der Waals surface area contributed by atoms with Crippen LogP contribution in [0.2, 0.25) is 0 Å². The predicted octanol–water partition coefficient (Wildman–Crippen LogP) is 2.58. The Kier molecular flexibility index (Phi) is 7.56. The Morgan fingerprint density at radius 1 is 0.929 bits per heavy atom. The molecule has 0 heterocycles. The van der Waals surface area contributed by atoms with Crippen LogP contribution in [0.4, 0.5) is 11.4 Å². The van der Waals surface area contributed by atoms with Gasteiger partial charge < -0.3 is 20.9 Å². The van der Waals surface area contributed by atoms with E-state index in [9.17, 15) is 14.4 Å². The van der Waals surface area contributed by atoms with Crippen molar-refractivity contribution in [2.24, 2.45) is 0 Å². The average Bonchev–Trinajstić information content (AvgIpc) is 2.73. The summed E-state index contributed by atoms with van der Waals surface area (Å²) in [5.74, 6) is -0.509. The van der Waals surface area contributed by atoms with Gasteiger partial charge in [0, 0.05) is 37.1 Å². The minimum atomic E-state index is -0.252. The van der Waals surface area contributed by atoms with Crippen LogP contribution in [-0.2, 0) is 4.79 Å². The monoisotopic (exact) mass is 382 g/mol. The standard InChI is InChI=1S/C21H26N4O3/c1-4-25(5-2)21(28)17-8-6-7-9-18(17)23-14-19(26)24-16-12-10-15(11-13-16)20(27)22-3/h6-13,23H,4-5,14H2,1-3H3,(H,22,27)(H,24,26). The second-order valence-corrected chi connectivity index (χ2v) is 6.08. The number of para-hydroxylation sites is 1. The van der Waals surface area contributed by atoms with Crippen molar-refractivity contribution < 1.29 is 14.4 Å². The molecule has 0 saturated heterocycles. The van der Waals surface area contributed by atoms with Gasteiger partial charge in [0.1, 0.15) is 0 Å². The third kappa shape index (κ3) is 5.33. The van der Waals surface area contributed by atoms with Gasteiger partial charge in [0.25, 0.3) is 11.8 Å². The molecule has 148 valence electrons. The molecular formula is C21H26N4O3. The van der Waals surface area contributed by atoms with Gasteiger partial charge in [0.05, 0.1) is 12.1 Å². The lowest BCUT2D eigenvalue weighted by Crippen LogP contribution is -2.31. The Labute approximate surface area is 165 Å². The van der Waals surface area contributed by atoms with Crippen molar-refractivity contribution in [1.82, 2.24) is 10.2 Å². The molecule has 0 unspecified atom stereocenters. The summed E-state index contributed by atoms with van der Waals surface area (Å²) in [5, 5.41) is 8.34. The molecule has 0 aliphatic carbocycles. The maximum absolute atomic E-state index is 12.6. The summed E-state index contributed by atoms with van der Waals surface area (Å²) in [6.07, 6.45) is 0. The highest BCUT2D eigenvalue weighted by molar-refractivity contribution is 6.01. The normalized spacial score (nSPS) is 10.1. The van der Waals surface area contributed by atoms with Crippen molar-refractivity contribution >= 4 is 29.1 Å². The molecule has 7 nitrogen and oxygen atoms in total. The van der Waals surface area contributed by atoms with Crippen LogP contribution in [0.5, 0.6) is 0 Å². The summed E-state index contributed by atoms with van der Waals surface area (Å²) < 4.78 is 0. The highest BCUT2D eigenvalue weighted by Gasteiger charge is 2.16. The molecule has 0 radical (unpaired) electrons. The minimum Gasteiger partial charge on any atom is -0.376 e. The fourth-order valence-electron chi connectivity index (χ4n) is 2.73. The molecule has 2 rings (SSSR count). The van der Waals surface area contributed by atoms with Gasteiger partial charge in [-0.1, -0.05) is 12.1 Å². The summed E-state index contributed by atoms with van der Waals surface area (Å²) in [7, 11) is 1.56. The lowest BCUT2D eigenvalue weighted by molar-refractivity contribution is -0.114. The number of anilines is 2. The van der Waals surface area contributed by atoms with Gasteiger partial charge in [-0.15, -0.1) is 0 Å². The van der Waals surface area contributed by atoms with Gasteiger partial charge in [-0.05, 0) is 50.2 Å². The van der Waals surface area contributed by atoms with E-state index in [4.69, 9.17) is 0 Å². The number of carbonyl (C=O) groups is 3. The molecule has 0 aliphatic heterocycles. The zero-order chi connectivity index (χ0) is 20.5.